The van der Waals surface area contributed by atoms with Crippen molar-refractivity contribution in [3.63, 3.8) is 0 Å². The van der Waals surface area contributed by atoms with Crippen LogP contribution in [0.4, 0.5) is 10.1 Å². The normalized spacial score (nSPS) is 19.9. The van der Waals surface area contributed by atoms with Crippen LogP contribution in [0.15, 0.2) is 48.5 Å². The number of hydrogen-bond donors (Lipinski definition) is 0. The molecule has 0 radical (unpaired) electrons. The summed E-state index contributed by atoms with van der Waals surface area (Å²) in [5.74, 6) is -0.184. The van der Waals surface area contributed by atoms with Crippen LogP contribution in [0.5, 0.6) is 0 Å². The molecule has 5 nitrogen and oxygen atoms in total. The molecule has 0 amide bonds. The van der Waals surface area contributed by atoms with E-state index < -0.39 is 0 Å². The minimum absolute atomic E-state index is 0.184. The SMILES string of the molecule is CN1Cc2nn(Cc3cccc(N4CCC(N5CCCCC5)CC4)c3)c(-c3ccccc3F)c2C1. The van der Waals surface area contributed by atoms with Crippen LogP contribution in [0, 0.1) is 5.82 Å². The van der Waals surface area contributed by atoms with Crippen LogP contribution < -0.4 is 4.90 Å². The number of fused-ring (bicyclic) bond motifs is 1. The second kappa shape index (κ2) is 9.75. The lowest BCUT2D eigenvalue weighted by molar-refractivity contribution is 0.141. The fourth-order valence-electron chi connectivity index (χ4n) is 6.29. The maximum absolute atomic E-state index is 14.8. The van der Waals surface area contributed by atoms with Crippen LogP contribution in [0.3, 0.4) is 0 Å². The molecule has 1 aromatic heterocycles. The second-order valence-electron chi connectivity index (χ2n) is 10.6. The van der Waals surface area contributed by atoms with Gasteiger partial charge in [0.25, 0.3) is 0 Å². The largest absolute Gasteiger partial charge is 0.371 e. The van der Waals surface area contributed by atoms with Crippen molar-refractivity contribution in [1.82, 2.24) is 19.6 Å². The van der Waals surface area contributed by atoms with E-state index in [1.54, 1.807) is 12.1 Å². The van der Waals surface area contributed by atoms with Gasteiger partial charge in [0.15, 0.2) is 0 Å². The average Bonchev–Trinajstić information content (AvgIpc) is 3.40. The topological polar surface area (TPSA) is 27.5 Å². The highest BCUT2D eigenvalue weighted by atomic mass is 19.1. The summed E-state index contributed by atoms with van der Waals surface area (Å²) in [4.78, 5) is 7.51. The van der Waals surface area contributed by atoms with E-state index in [1.807, 2.05) is 16.8 Å². The van der Waals surface area contributed by atoms with E-state index in [2.05, 4.69) is 46.0 Å². The van der Waals surface area contributed by atoms with Crippen LogP contribution in [0.25, 0.3) is 11.3 Å². The molecule has 2 saturated heterocycles. The van der Waals surface area contributed by atoms with Crippen molar-refractivity contribution in [1.29, 1.82) is 0 Å². The predicted molar refractivity (Wildman–Crippen MR) is 139 cm³/mol. The summed E-state index contributed by atoms with van der Waals surface area (Å²) in [7, 11) is 2.09. The van der Waals surface area contributed by atoms with E-state index in [9.17, 15) is 4.39 Å². The van der Waals surface area contributed by atoms with Crippen molar-refractivity contribution < 1.29 is 4.39 Å². The number of likely N-dealkylation sites (tertiary alicyclic amines) is 1. The zero-order chi connectivity index (χ0) is 23.8. The summed E-state index contributed by atoms with van der Waals surface area (Å²) in [5, 5.41) is 4.95. The Kier molecular flexibility index (Phi) is 6.33. The third kappa shape index (κ3) is 4.62. The van der Waals surface area contributed by atoms with Gasteiger partial charge in [0, 0.05) is 49.0 Å². The van der Waals surface area contributed by atoms with Gasteiger partial charge in [-0.3, -0.25) is 9.58 Å². The molecule has 3 aromatic rings. The molecule has 2 fully saturated rings. The first-order chi connectivity index (χ1) is 17.2. The van der Waals surface area contributed by atoms with Crippen molar-refractivity contribution in [3.05, 3.63) is 71.2 Å². The summed E-state index contributed by atoms with van der Waals surface area (Å²) in [6.45, 7) is 7.09. The van der Waals surface area contributed by atoms with E-state index in [0.717, 1.165) is 49.2 Å². The van der Waals surface area contributed by atoms with E-state index in [0.29, 0.717) is 12.1 Å². The second-order valence-corrected chi connectivity index (χ2v) is 10.6. The molecular weight excluding hydrogens is 437 g/mol. The minimum Gasteiger partial charge on any atom is -0.371 e. The van der Waals surface area contributed by atoms with Crippen LogP contribution in [-0.4, -0.2) is 58.8 Å². The summed E-state index contributed by atoms with van der Waals surface area (Å²) in [5.41, 5.74) is 6.32. The molecular formula is C29H36FN5. The first kappa shape index (κ1) is 22.7. The number of rotatable bonds is 5. The number of nitrogens with zero attached hydrogens (tertiary/aromatic N) is 5. The van der Waals surface area contributed by atoms with Crippen molar-refractivity contribution in [2.45, 2.75) is 57.8 Å². The van der Waals surface area contributed by atoms with Crippen LogP contribution >= 0.6 is 0 Å². The minimum atomic E-state index is -0.184. The molecule has 6 heteroatoms. The van der Waals surface area contributed by atoms with E-state index >= 15 is 0 Å². The van der Waals surface area contributed by atoms with Crippen LogP contribution in [0.2, 0.25) is 0 Å². The molecule has 6 rings (SSSR count). The molecule has 35 heavy (non-hydrogen) atoms. The van der Waals surface area contributed by atoms with Gasteiger partial charge in [-0.05, 0) is 75.6 Å². The number of piperidine rings is 2. The van der Waals surface area contributed by atoms with Gasteiger partial charge in [-0.1, -0.05) is 30.7 Å². The molecule has 3 aliphatic rings. The number of benzene rings is 2. The van der Waals surface area contributed by atoms with Gasteiger partial charge in [0.05, 0.1) is 17.9 Å². The number of aromatic nitrogens is 2. The molecule has 0 spiro atoms. The lowest BCUT2D eigenvalue weighted by Gasteiger charge is -2.41. The molecule has 0 N–H and O–H groups in total. The lowest BCUT2D eigenvalue weighted by atomic mass is 9.99. The van der Waals surface area contributed by atoms with Crippen molar-refractivity contribution in [3.8, 4) is 11.3 Å². The summed E-state index contributed by atoms with van der Waals surface area (Å²) >= 11 is 0. The molecule has 3 aliphatic heterocycles. The van der Waals surface area contributed by atoms with Gasteiger partial charge in [0.1, 0.15) is 5.82 Å². The van der Waals surface area contributed by atoms with Gasteiger partial charge in [-0.15, -0.1) is 0 Å². The average molecular weight is 474 g/mol. The maximum Gasteiger partial charge on any atom is 0.132 e. The first-order valence-electron chi connectivity index (χ1n) is 13.3. The monoisotopic (exact) mass is 473 g/mol. The molecule has 4 heterocycles. The Morgan fingerprint density at radius 3 is 2.51 bits per heavy atom. The Balaban J connectivity index is 1.21. The Morgan fingerprint density at radius 1 is 0.914 bits per heavy atom. The van der Waals surface area contributed by atoms with Gasteiger partial charge in [-0.2, -0.15) is 5.10 Å². The summed E-state index contributed by atoms with van der Waals surface area (Å²) in [6, 6.07) is 16.7. The van der Waals surface area contributed by atoms with Gasteiger partial charge in [0.2, 0.25) is 0 Å². The molecule has 0 atom stereocenters. The smallest absolute Gasteiger partial charge is 0.132 e. The molecule has 0 unspecified atom stereocenters. The van der Waals surface area contributed by atoms with E-state index in [4.69, 9.17) is 5.10 Å². The van der Waals surface area contributed by atoms with Crippen LogP contribution in [0.1, 0.15) is 48.9 Å². The molecule has 0 bridgehead atoms. The van der Waals surface area contributed by atoms with Gasteiger partial charge >= 0.3 is 0 Å². The van der Waals surface area contributed by atoms with Gasteiger partial charge in [-0.25, -0.2) is 4.39 Å². The summed E-state index contributed by atoms with van der Waals surface area (Å²) < 4.78 is 16.9. The Bertz CT molecular complexity index is 1170. The standard InChI is InChI=1S/C29H36FN5/c1-32-20-26-28(21-32)31-35(29(26)25-10-3-4-11-27(25)30)19-22-8-7-9-24(18-22)34-16-12-23(13-17-34)33-14-5-2-6-15-33/h3-4,7-11,18,23H,2,5-6,12-17,19-21H2,1H3. The number of halogens is 1. The molecule has 0 saturated carbocycles. The Hall–Kier alpha value is -2.70. The fourth-order valence-corrected chi connectivity index (χ4v) is 6.29. The number of hydrogen-bond acceptors (Lipinski definition) is 4. The summed E-state index contributed by atoms with van der Waals surface area (Å²) in [6.07, 6.45) is 6.63. The lowest BCUT2D eigenvalue weighted by Crippen LogP contribution is -2.46. The highest BCUT2D eigenvalue weighted by Crippen LogP contribution is 2.34. The molecule has 2 aromatic carbocycles. The predicted octanol–water partition coefficient (Wildman–Crippen LogP) is 5.14. The highest BCUT2D eigenvalue weighted by Gasteiger charge is 2.28. The fraction of sp³-hybridized carbons (Fsp3) is 0.483. The van der Waals surface area contributed by atoms with Crippen molar-refractivity contribution in [2.24, 2.45) is 0 Å². The van der Waals surface area contributed by atoms with Crippen molar-refractivity contribution in [2.75, 3.05) is 38.1 Å². The number of anilines is 1. The first-order valence-corrected chi connectivity index (χ1v) is 13.3. The molecule has 184 valence electrons. The van der Waals surface area contributed by atoms with Gasteiger partial charge < -0.3 is 9.80 Å². The Labute approximate surface area is 208 Å². The zero-order valence-corrected chi connectivity index (χ0v) is 20.8. The van der Waals surface area contributed by atoms with E-state index in [1.165, 1.54) is 56.4 Å². The molecule has 0 aliphatic carbocycles. The van der Waals surface area contributed by atoms with Crippen molar-refractivity contribution >= 4 is 5.69 Å². The third-order valence-electron chi connectivity index (χ3n) is 8.09. The third-order valence-corrected chi connectivity index (χ3v) is 8.09. The van der Waals surface area contributed by atoms with Crippen LogP contribution in [-0.2, 0) is 19.6 Å². The zero-order valence-electron chi connectivity index (χ0n) is 20.8. The van der Waals surface area contributed by atoms with E-state index in [-0.39, 0.29) is 5.82 Å². The highest BCUT2D eigenvalue weighted by molar-refractivity contribution is 5.66. The Morgan fingerprint density at radius 2 is 1.71 bits per heavy atom. The quantitative estimate of drug-likeness (QED) is 0.513. The maximum atomic E-state index is 14.8.